The van der Waals surface area contributed by atoms with Gasteiger partial charge in [-0.3, -0.25) is 9.59 Å². The molecule has 0 spiro atoms. The molecule has 0 fully saturated rings. The third-order valence-corrected chi connectivity index (χ3v) is 1.75. The van der Waals surface area contributed by atoms with E-state index in [0.717, 1.165) is 6.42 Å². The highest BCUT2D eigenvalue weighted by Gasteiger charge is 2.27. The van der Waals surface area contributed by atoms with Gasteiger partial charge in [0.05, 0.1) is 0 Å². The molecule has 0 heterocycles. The van der Waals surface area contributed by atoms with Crippen LogP contribution >= 0.6 is 0 Å². The Morgan fingerprint density at radius 1 is 1.29 bits per heavy atom. The van der Waals surface area contributed by atoms with Crippen LogP contribution in [0, 0.1) is 5.41 Å². The van der Waals surface area contributed by atoms with E-state index in [1.165, 1.54) is 4.90 Å². The Morgan fingerprint density at radius 2 is 1.79 bits per heavy atom. The summed E-state index contributed by atoms with van der Waals surface area (Å²) in [4.78, 5) is 23.7. The van der Waals surface area contributed by atoms with Crippen LogP contribution in [0.4, 0.5) is 0 Å². The number of amides is 1. The van der Waals surface area contributed by atoms with Crippen LogP contribution in [-0.4, -0.2) is 35.0 Å². The van der Waals surface area contributed by atoms with Crippen molar-refractivity contribution in [3.8, 4) is 0 Å². The standard InChI is InChI=1S/C10H19NO3/c1-5-6-11(7-8(12)13)9(14)10(2,3)4/h5-7H2,1-4H3,(H,12,13). The molecular weight excluding hydrogens is 182 g/mol. The Balaban J connectivity index is 4.49. The smallest absolute Gasteiger partial charge is 0.323 e. The van der Waals surface area contributed by atoms with E-state index in [9.17, 15) is 9.59 Å². The SMILES string of the molecule is CCCN(CC(=O)O)C(=O)C(C)(C)C. The van der Waals surface area contributed by atoms with Crippen LogP contribution in [0.15, 0.2) is 0 Å². The first-order chi connectivity index (χ1) is 6.29. The molecule has 0 aliphatic heterocycles. The van der Waals surface area contributed by atoms with Crippen LogP contribution in [0.1, 0.15) is 34.1 Å². The maximum atomic E-state index is 11.8. The molecule has 0 aromatic heterocycles. The summed E-state index contributed by atoms with van der Waals surface area (Å²) in [5, 5.41) is 8.63. The lowest BCUT2D eigenvalue weighted by molar-refractivity contribution is -0.148. The van der Waals surface area contributed by atoms with Gasteiger partial charge in [-0.15, -0.1) is 0 Å². The lowest BCUT2D eigenvalue weighted by atomic mass is 9.94. The summed E-state index contributed by atoms with van der Waals surface area (Å²) in [6.07, 6.45) is 0.773. The van der Waals surface area contributed by atoms with Gasteiger partial charge in [-0.2, -0.15) is 0 Å². The molecule has 0 saturated carbocycles. The van der Waals surface area contributed by atoms with Crippen LogP contribution in [-0.2, 0) is 9.59 Å². The molecule has 0 aliphatic carbocycles. The zero-order valence-corrected chi connectivity index (χ0v) is 9.33. The maximum Gasteiger partial charge on any atom is 0.323 e. The van der Waals surface area contributed by atoms with Gasteiger partial charge in [0, 0.05) is 12.0 Å². The summed E-state index contributed by atoms with van der Waals surface area (Å²) >= 11 is 0. The zero-order valence-electron chi connectivity index (χ0n) is 9.33. The van der Waals surface area contributed by atoms with Crippen molar-refractivity contribution in [1.29, 1.82) is 0 Å². The third-order valence-electron chi connectivity index (χ3n) is 1.75. The minimum absolute atomic E-state index is 0.109. The average molecular weight is 201 g/mol. The number of hydrogen-bond acceptors (Lipinski definition) is 2. The number of carboxylic acid groups (broad SMARTS) is 1. The van der Waals surface area contributed by atoms with Crippen LogP contribution in [0.2, 0.25) is 0 Å². The average Bonchev–Trinajstić information content (AvgIpc) is 2.00. The molecule has 0 radical (unpaired) electrons. The van der Waals surface area contributed by atoms with Crippen LogP contribution in [0.5, 0.6) is 0 Å². The van der Waals surface area contributed by atoms with E-state index in [4.69, 9.17) is 5.11 Å². The molecule has 0 aromatic rings. The lowest BCUT2D eigenvalue weighted by Crippen LogP contribution is -2.42. The summed E-state index contributed by atoms with van der Waals surface area (Å²) in [7, 11) is 0. The number of aliphatic carboxylic acids is 1. The van der Waals surface area contributed by atoms with Crippen molar-refractivity contribution in [3.63, 3.8) is 0 Å². The zero-order chi connectivity index (χ0) is 11.4. The quantitative estimate of drug-likeness (QED) is 0.747. The molecule has 0 saturated heterocycles. The van der Waals surface area contributed by atoms with E-state index in [2.05, 4.69) is 0 Å². The molecule has 82 valence electrons. The van der Waals surface area contributed by atoms with E-state index in [1.807, 2.05) is 6.92 Å². The molecule has 0 aliphatic rings. The Kier molecular flexibility index (Phi) is 4.60. The van der Waals surface area contributed by atoms with E-state index >= 15 is 0 Å². The molecule has 4 nitrogen and oxygen atoms in total. The normalized spacial score (nSPS) is 11.1. The van der Waals surface area contributed by atoms with Gasteiger partial charge in [0.15, 0.2) is 0 Å². The molecule has 14 heavy (non-hydrogen) atoms. The van der Waals surface area contributed by atoms with Crippen LogP contribution in [0.3, 0.4) is 0 Å². The van der Waals surface area contributed by atoms with E-state index < -0.39 is 11.4 Å². The van der Waals surface area contributed by atoms with Gasteiger partial charge in [-0.1, -0.05) is 27.7 Å². The summed E-state index contributed by atoms with van der Waals surface area (Å²) in [6.45, 7) is 7.59. The predicted octanol–water partition coefficient (Wildman–Crippen LogP) is 1.36. The summed E-state index contributed by atoms with van der Waals surface area (Å²) in [5.41, 5.74) is -0.509. The molecule has 0 aromatic carbocycles. The highest BCUT2D eigenvalue weighted by atomic mass is 16.4. The molecular formula is C10H19NO3. The highest BCUT2D eigenvalue weighted by molar-refractivity contribution is 5.85. The number of carboxylic acids is 1. The maximum absolute atomic E-state index is 11.8. The molecule has 0 rings (SSSR count). The Bertz CT molecular complexity index is 218. The second-order valence-electron chi connectivity index (χ2n) is 4.37. The van der Waals surface area contributed by atoms with Crippen molar-refractivity contribution in [2.24, 2.45) is 5.41 Å². The second-order valence-corrected chi connectivity index (χ2v) is 4.37. The van der Waals surface area contributed by atoms with E-state index in [1.54, 1.807) is 20.8 Å². The fourth-order valence-corrected chi connectivity index (χ4v) is 1.16. The summed E-state index contributed by atoms with van der Waals surface area (Å²) in [5.74, 6) is -1.07. The second kappa shape index (κ2) is 4.98. The topological polar surface area (TPSA) is 57.6 Å². The fourth-order valence-electron chi connectivity index (χ4n) is 1.16. The number of nitrogens with zero attached hydrogens (tertiary/aromatic N) is 1. The van der Waals surface area contributed by atoms with Crippen molar-refractivity contribution in [2.45, 2.75) is 34.1 Å². The van der Waals surface area contributed by atoms with Gasteiger partial charge in [0.1, 0.15) is 6.54 Å². The first kappa shape index (κ1) is 12.9. The van der Waals surface area contributed by atoms with Crippen molar-refractivity contribution in [1.82, 2.24) is 4.90 Å². The lowest BCUT2D eigenvalue weighted by Gasteiger charge is -2.27. The Hall–Kier alpha value is -1.06. The Morgan fingerprint density at radius 3 is 2.07 bits per heavy atom. The fraction of sp³-hybridized carbons (Fsp3) is 0.800. The van der Waals surface area contributed by atoms with Crippen molar-refractivity contribution < 1.29 is 14.7 Å². The van der Waals surface area contributed by atoms with Crippen molar-refractivity contribution in [2.75, 3.05) is 13.1 Å². The molecule has 1 amide bonds. The molecule has 0 bridgehead atoms. The first-order valence-corrected chi connectivity index (χ1v) is 4.80. The first-order valence-electron chi connectivity index (χ1n) is 4.80. The van der Waals surface area contributed by atoms with Gasteiger partial charge in [-0.25, -0.2) is 0 Å². The predicted molar refractivity (Wildman–Crippen MR) is 54.0 cm³/mol. The molecule has 0 unspecified atom stereocenters. The summed E-state index contributed by atoms with van der Waals surface area (Å²) < 4.78 is 0. The van der Waals surface area contributed by atoms with Crippen molar-refractivity contribution >= 4 is 11.9 Å². The van der Waals surface area contributed by atoms with Gasteiger partial charge >= 0.3 is 5.97 Å². The number of hydrogen-bond donors (Lipinski definition) is 1. The molecule has 1 N–H and O–H groups in total. The highest BCUT2D eigenvalue weighted by Crippen LogP contribution is 2.17. The monoisotopic (exact) mass is 201 g/mol. The summed E-state index contributed by atoms with van der Waals surface area (Å²) in [6, 6.07) is 0. The Labute approximate surface area is 84.9 Å². The van der Waals surface area contributed by atoms with Gasteiger partial charge < -0.3 is 10.0 Å². The van der Waals surface area contributed by atoms with E-state index in [0.29, 0.717) is 6.54 Å². The molecule has 4 heteroatoms. The van der Waals surface area contributed by atoms with Crippen molar-refractivity contribution in [3.05, 3.63) is 0 Å². The van der Waals surface area contributed by atoms with Crippen LogP contribution in [0.25, 0.3) is 0 Å². The van der Waals surface area contributed by atoms with Gasteiger partial charge in [-0.05, 0) is 6.42 Å². The number of carbonyl (C=O) groups is 2. The minimum atomic E-state index is -0.962. The van der Waals surface area contributed by atoms with Gasteiger partial charge in [0.25, 0.3) is 0 Å². The van der Waals surface area contributed by atoms with E-state index in [-0.39, 0.29) is 12.5 Å². The number of carbonyl (C=O) groups excluding carboxylic acids is 1. The third kappa shape index (κ3) is 4.25. The number of rotatable bonds is 4. The minimum Gasteiger partial charge on any atom is -0.480 e. The molecule has 0 atom stereocenters. The largest absolute Gasteiger partial charge is 0.480 e. The van der Waals surface area contributed by atoms with Crippen LogP contribution < -0.4 is 0 Å². The van der Waals surface area contributed by atoms with Gasteiger partial charge in [0.2, 0.25) is 5.91 Å².